The van der Waals surface area contributed by atoms with Crippen LogP contribution in [0.2, 0.25) is 5.02 Å². The monoisotopic (exact) mass is 209 g/mol. The minimum atomic E-state index is -2.93. The van der Waals surface area contributed by atoms with Gasteiger partial charge < -0.3 is 9.47 Å². The van der Waals surface area contributed by atoms with Gasteiger partial charge in [0.1, 0.15) is 10.8 Å². The first-order valence-corrected chi connectivity index (χ1v) is 3.65. The second-order valence-electron chi connectivity index (χ2n) is 2.04. The molecule has 0 radical (unpaired) electrons. The first-order valence-electron chi connectivity index (χ1n) is 3.28. The van der Waals surface area contributed by atoms with Crippen LogP contribution in [0.4, 0.5) is 8.78 Å². The summed E-state index contributed by atoms with van der Waals surface area (Å²) in [4.78, 5) is 3.53. The van der Waals surface area contributed by atoms with E-state index in [0.717, 1.165) is 0 Å². The molecule has 0 aliphatic heterocycles. The van der Waals surface area contributed by atoms with Gasteiger partial charge in [0.05, 0.1) is 13.3 Å². The largest absolute Gasteiger partial charge is 0.495 e. The molecule has 0 atom stereocenters. The lowest BCUT2D eigenvalue weighted by molar-refractivity contribution is -0.0528. The summed E-state index contributed by atoms with van der Waals surface area (Å²) >= 11 is 5.55. The number of methoxy groups -OCH3 is 1. The van der Waals surface area contributed by atoms with Gasteiger partial charge in [0.2, 0.25) is 5.88 Å². The zero-order valence-electron chi connectivity index (χ0n) is 6.63. The highest BCUT2D eigenvalue weighted by Gasteiger charge is 2.10. The number of nitrogens with zero attached hydrogens (tertiary/aromatic N) is 1. The van der Waals surface area contributed by atoms with Crippen LogP contribution >= 0.6 is 11.6 Å². The Morgan fingerprint density at radius 2 is 2.23 bits per heavy atom. The van der Waals surface area contributed by atoms with E-state index in [0.29, 0.717) is 5.75 Å². The van der Waals surface area contributed by atoms with Gasteiger partial charge in [-0.2, -0.15) is 8.78 Å². The van der Waals surface area contributed by atoms with Crippen molar-refractivity contribution in [3.63, 3.8) is 0 Å². The van der Waals surface area contributed by atoms with E-state index >= 15 is 0 Å². The number of halogens is 3. The van der Waals surface area contributed by atoms with E-state index in [4.69, 9.17) is 16.3 Å². The average Bonchev–Trinajstić information content (AvgIpc) is 2.08. The number of rotatable bonds is 3. The van der Waals surface area contributed by atoms with Crippen molar-refractivity contribution in [2.75, 3.05) is 7.11 Å². The van der Waals surface area contributed by atoms with Crippen molar-refractivity contribution in [3.8, 4) is 11.6 Å². The summed E-state index contributed by atoms with van der Waals surface area (Å²) in [5, 5.41) is -0.0142. The maximum absolute atomic E-state index is 11.7. The van der Waals surface area contributed by atoms with E-state index in [9.17, 15) is 8.78 Å². The molecule has 72 valence electrons. The summed E-state index contributed by atoms with van der Waals surface area (Å²) in [5.41, 5.74) is 0. The third kappa shape index (κ3) is 2.69. The molecule has 0 amide bonds. The molecule has 0 aromatic carbocycles. The van der Waals surface area contributed by atoms with Crippen LogP contribution in [0.5, 0.6) is 11.6 Å². The van der Waals surface area contributed by atoms with Crippen molar-refractivity contribution >= 4 is 11.6 Å². The normalized spacial score (nSPS) is 10.2. The Kier molecular flexibility index (Phi) is 3.25. The maximum atomic E-state index is 11.7. The first kappa shape index (κ1) is 9.98. The Hall–Kier alpha value is -1.10. The molecule has 0 unspecified atom stereocenters. The third-order valence-corrected chi connectivity index (χ3v) is 1.49. The van der Waals surface area contributed by atoms with Crippen LogP contribution in [-0.4, -0.2) is 18.7 Å². The maximum Gasteiger partial charge on any atom is 0.388 e. The van der Waals surface area contributed by atoms with Gasteiger partial charge in [-0.3, -0.25) is 0 Å². The quantitative estimate of drug-likeness (QED) is 0.766. The number of pyridine rings is 1. The fourth-order valence-electron chi connectivity index (χ4n) is 0.691. The highest BCUT2D eigenvalue weighted by atomic mass is 35.5. The molecule has 0 aliphatic rings. The van der Waals surface area contributed by atoms with E-state index in [1.165, 1.54) is 19.4 Å². The molecule has 1 rings (SSSR count). The minimum absolute atomic E-state index is 0.0142. The molecule has 0 saturated heterocycles. The standard InChI is InChI=1S/C7H6ClF2NO2/c1-12-4-2-5(8)6(11-3-4)13-7(9)10/h2-3,7H,1H3. The molecular weight excluding hydrogens is 204 g/mol. The fourth-order valence-corrected chi connectivity index (χ4v) is 0.891. The van der Waals surface area contributed by atoms with Crippen LogP contribution in [0, 0.1) is 0 Å². The van der Waals surface area contributed by atoms with Crippen LogP contribution in [0.25, 0.3) is 0 Å². The van der Waals surface area contributed by atoms with E-state index in [1.807, 2.05) is 0 Å². The van der Waals surface area contributed by atoms with Crippen molar-refractivity contribution < 1.29 is 18.3 Å². The molecule has 0 aliphatic carbocycles. The molecule has 1 aromatic rings. The van der Waals surface area contributed by atoms with Gasteiger partial charge >= 0.3 is 6.61 Å². The van der Waals surface area contributed by atoms with Crippen molar-refractivity contribution in [1.29, 1.82) is 0 Å². The predicted octanol–water partition coefficient (Wildman–Crippen LogP) is 2.35. The fraction of sp³-hybridized carbons (Fsp3) is 0.286. The van der Waals surface area contributed by atoms with E-state index in [1.54, 1.807) is 0 Å². The van der Waals surface area contributed by atoms with E-state index in [2.05, 4.69) is 9.72 Å². The molecule has 1 heterocycles. The van der Waals surface area contributed by atoms with Crippen molar-refractivity contribution in [1.82, 2.24) is 4.98 Å². The number of hydrogen-bond acceptors (Lipinski definition) is 3. The second kappa shape index (κ2) is 4.23. The van der Waals surface area contributed by atoms with Crippen LogP contribution in [0.1, 0.15) is 0 Å². The predicted molar refractivity (Wildman–Crippen MR) is 42.4 cm³/mol. The Morgan fingerprint density at radius 3 is 2.69 bits per heavy atom. The van der Waals surface area contributed by atoms with Gasteiger partial charge in [0, 0.05) is 6.07 Å². The average molecular weight is 210 g/mol. The van der Waals surface area contributed by atoms with Gasteiger partial charge in [0.15, 0.2) is 0 Å². The summed E-state index contributed by atoms with van der Waals surface area (Å²) in [6, 6.07) is 1.34. The summed E-state index contributed by atoms with van der Waals surface area (Å²) in [7, 11) is 1.42. The van der Waals surface area contributed by atoms with E-state index in [-0.39, 0.29) is 10.9 Å². The second-order valence-corrected chi connectivity index (χ2v) is 2.45. The Labute approximate surface area is 78.2 Å². The molecule has 0 N–H and O–H groups in total. The third-order valence-electron chi connectivity index (χ3n) is 1.22. The lowest BCUT2D eigenvalue weighted by Gasteiger charge is -2.05. The molecule has 0 spiro atoms. The highest BCUT2D eigenvalue weighted by molar-refractivity contribution is 6.31. The van der Waals surface area contributed by atoms with Crippen molar-refractivity contribution in [2.45, 2.75) is 6.61 Å². The Balaban J connectivity index is 2.85. The van der Waals surface area contributed by atoms with Gasteiger partial charge in [-0.1, -0.05) is 11.6 Å². The van der Waals surface area contributed by atoms with Crippen LogP contribution in [-0.2, 0) is 0 Å². The van der Waals surface area contributed by atoms with Crippen LogP contribution < -0.4 is 9.47 Å². The van der Waals surface area contributed by atoms with Crippen LogP contribution in [0.3, 0.4) is 0 Å². The zero-order chi connectivity index (χ0) is 9.84. The number of alkyl halides is 2. The molecule has 1 aromatic heterocycles. The molecular formula is C7H6ClF2NO2. The number of aromatic nitrogens is 1. The van der Waals surface area contributed by atoms with Crippen molar-refractivity contribution in [2.24, 2.45) is 0 Å². The number of hydrogen-bond donors (Lipinski definition) is 0. The van der Waals surface area contributed by atoms with E-state index < -0.39 is 6.61 Å². The van der Waals surface area contributed by atoms with Gasteiger partial charge in [-0.15, -0.1) is 0 Å². The number of ether oxygens (including phenoxy) is 2. The summed E-state index contributed by atoms with van der Waals surface area (Å²) < 4.78 is 32.2. The van der Waals surface area contributed by atoms with Gasteiger partial charge in [-0.05, 0) is 0 Å². The molecule has 0 fully saturated rings. The van der Waals surface area contributed by atoms with Gasteiger partial charge in [0.25, 0.3) is 0 Å². The van der Waals surface area contributed by atoms with Gasteiger partial charge in [-0.25, -0.2) is 4.98 Å². The smallest absolute Gasteiger partial charge is 0.388 e. The Bertz CT molecular complexity index is 296. The topological polar surface area (TPSA) is 31.4 Å². The molecule has 3 nitrogen and oxygen atoms in total. The SMILES string of the molecule is COc1cnc(OC(F)F)c(Cl)c1. The summed E-state index contributed by atoms with van der Waals surface area (Å²) in [6.07, 6.45) is 1.24. The molecule has 13 heavy (non-hydrogen) atoms. The Morgan fingerprint density at radius 1 is 1.54 bits per heavy atom. The molecule has 6 heteroatoms. The van der Waals surface area contributed by atoms with Crippen LogP contribution in [0.15, 0.2) is 12.3 Å². The first-order chi connectivity index (χ1) is 6.13. The molecule has 0 saturated carbocycles. The summed E-state index contributed by atoms with van der Waals surface area (Å²) in [6.45, 7) is -2.93. The lowest BCUT2D eigenvalue weighted by Crippen LogP contribution is -2.04. The summed E-state index contributed by atoms with van der Waals surface area (Å²) in [5.74, 6) is 0.0732. The molecule has 0 bridgehead atoms. The minimum Gasteiger partial charge on any atom is -0.495 e. The zero-order valence-corrected chi connectivity index (χ0v) is 7.39. The lowest BCUT2D eigenvalue weighted by atomic mass is 10.4. The highest BCUT2D eigenvalue weighted by Crippen LogP contribution is 2.26. The van der Waals surface area contributed by atoms with Crippen molar-refractivity contribution in [3.05, 3.63) is 17.3 Å².